The maximum absolute atomic E-state index is 3.59. The zero-order valence-corrected chi connectivity index (χ0v) is 12.8. The van der Waals surface area contributed by atoms with E-state index in [0.717, 1.165) is 19.1 Å². The van der Waals surface area contributed by atoms with Crippen molar-refractivity contribution < 1.29 is 0 Å². The van der Waals surface area contributed by atoms with Crippen molar-refractivity contribution in [1.82, 2.24) is 10.2 Å². The van der Waals surface area contributed by atoms with E-state index in [1.165, 1.54) is 22.0 Å². The molecule has 1 aromatic rings. The number of likely N-dealkylation sites (N-methyl/N-ethyl adjacent to an activating group) is 1. The molecule has 0 aromatic heterocycles. The van der Waals surface area contributed by atoms with E-state index in [0.29, 0.717) is 6.04 Å². The van der Waals surface area contributed by atoms with Gasteiger partial charge < -0.3 is 10.2 Å². The Kier molecular flexibility index (Phi) is 4.82. The maximum Gasteiger partial charge on any atom is 0.0292 e. The zero-order valence-electron chi connectivity index (χ0n) is 10.6. The van der Waals surface area contributed by atoms with Crippen molar-refractivity contribution in [2.24, 2.45) is 0 Å². The number of halogens is 1. The third-order valence-corrected chi connectivity index (χ3v) is 4.17. The third kappa shape index (κ3) is 4.23. The van der Waals surface area contributed by atoms with Crippen molar-refractivity contribution in [2.75, 3.05) is 20.1 Å². The van der Waals surface area contributed by atoms with E-state index in [2.05, 4.69) is 71.0 Å². The van der Waals surface area contributed by atoms with Crippen molar-refractivity contribution in [3.05, 3.63) is 33.4 Å². The summed E-state index contributed by atoms with van der Waals surface area (Å²) in [5.74, 6) is 0. The molecule has 1 aromatic carbocycles. The van der Waals surface area contributed by atoms with Crippen molar-refractivity contribution in [1.29, 1.82) is 0 Å². The summed E-state index contributed by atoms with van der Waals surface area (Å²) in [6, 6.07) is 10.1. The van der Waals surface area contributed by atoms with Crippen LogP contribution < -0.4 is 5.32 Å². The minimum atomic E-state index is 0.444. The smallest absolute Gasteiger partial charge is 0.0292 e. The lowest BCUT2D eigenvalue weighted by atomic mass is 10.1. The Bertz CT molecular complexity index is 346. The Labute approximate surface area is 118 Å². The number of rotatable bonds is 6. The quantitative estimate of drug-likeness (QED) is 0.798. The maximum atomic E-state index is 3.59. The second-order valence-corrected chi connectivity index (χ2v) is 6.18. The van der Waals surface area contributed by atoms with Crippen molar-refractivity contribution in [2.45, 2.75) is 31.8 Å². The number of nitrogens with one attached hydrogen (secondary N) is 1. The minimum absolute atomic E-state index is 0.444. The highest BCUT2D eigenvalue weighted by Gasteiger charge is 2.25. The first-order chi connectivity index (χ1) is 8.16. The van der Waals surface area contributed by atoms with Crippen LogP contribution in [0.3, 0.4) is 0 Å². The lowest BCUT2D eigenvalue weighted by Crippen LogP contribution is -2.31. The summed E-state index contributed by atoms with van der Waals surface area (Å²) >= 11 is 2.34. The van der Waals surface area contributed by atoms with Gasteiger partial charge in [-0.15, -0.1) is 0 Å². The molecule has 17 heavy (non-hydrogen) atoms. The van der Waals surface area contributed by atoms with Gasteiger partial charge in [-0.05, 0) is 67.1 Å². The van der Waals surface area contributed by atoms with Crippen LogP contribution in [0.4, 0.5) is 0 Å². The van der Waals surface area contributed by atoms with Crippen molar-refractivity contribution in [3.8, 4) is 0 Å². The average Bonchev–Trinajstić information content (AvgIpc) is 3.13. The molecule has 94 valence electrons. The molecule has 1 aliphatic carbocycles. The Morgan fingerprint density at radius 3 is 2.59 bits per heavy atom. The van der Waals surface area contributed by atoms with E-state index in [4.69, 9.17) is 0 Å². The topological polar surface area (TPSA) is 15.3 Å². The molecule has 1 saturated carbocycles. The van der Waals surface area contributed by atoms with Gasteiger partial charge >= 0.3 is 0 Å². The van der Waals surface area contributed by atoms with Crippen molar-refractivity contribution in [3.63, 3.8) is 0 Å². The molecular weight excluding hydrogens is 323 g/mol. The van der Waals surface area contributed by atoms with Crippen LogP contribution in [0.1, 0.15) is 31.4 Å². The molecule has 0 saturated heterocycles. The van der Waals surface area contributed by atoms with E-state index in [-0.39, 0.29) is 0 Å². The summed E-state index contributed by atoms with van der Waals surface area (Å²) in [6.07, 6.45) is 2.78. The van der Waals surface area contributed by atoms with Gasteiger partial charge in [0.15, 0.2) is 0 Å². The predicted octanol–water partition coefficient (Wildman–Crippen LogP) is 3.04. The summed E-state index contributed by atoms with van der Waals surface area (Å²) in [5.41, 5.74) is 1.37. The normalized spacial score (nSPS) is 17.4. The number of nitrogens with zero attached hydrogens (tertiary/aromatic N) is 1. The molecule has 0 amide bonds. The highest BCUT2D eigenvalue weighted by atomic mass is 127. The molecule has 1 aliphatic rings. The fraction of sp³-hybridized carbons (Fsp3) is 0.571. The average molecular weight is 344 g/mol. The van der Waals surface area contributed by atoms with Crippen LogP contribution in [0.5, 0.6) is 0 Å². The number of hydrogen-bond acceptors (Lipinski definition) is 2. The fourth-order valence-electron chi connectivity index (χ4n) is 2.02. The van der Waals surface area contributed by atoms with Crippen LogP contribution in [0.15, 0.2) is 24.3 Å². The highest BCUT2D eigenvalue weighted by Crippen LogP contribution is 2.24. The summed E-state index contributed by atoms with van der Waals surface area (Å²) in [7, 11) is 2.23. The van der Waals surface area contributed by atoms with E-state index < -0.39 is 0 Å². The first kappa shape index (κ1) is 13.3. The van der Waals surface area contributed by atoms with E-state index in [9.17, 15) is 0 Å². The molecule has 0 radical (unpaired) electrons. The van der Waals surface area contributed by atoms with Gasteiger partial charge in [0.2, 0.25) is 0 Å². The summed E-state index contributed by atoms with van der Waals surface area (Å²) < 4.78 is 1.30. The molecular formula is C14H21IN2. The lowest BCUT2D eigenvalue weighted by molar-refractivity contribution is 0.316. The van der Waals surface area contributed by atoms with Crippen LogP contribution in [-0.4, -0.2) is 31.1 Å². The monoisotopic (exact) mass is 344 g/mol. The van der Waals surface area contributed by atoms with Gasteiger partial charge in [0, 0.05) is 28.7 Å². The molecule has 0 heterocycles. The lowest BCUT2D eigenvalue weighted by Gasteiger charge is -2.19. The van der Waals surface area contributed by atoms with E-state index >= 15 is 0 Å². The molecule has 0 aliphatic heterocycles. The molecule has 2 rings (SSSR count). The van der Waals surface area contributed by atoms with Gasteiger partial charge in [0.05, 0.1) is 0 Å². The molecule has 1 unspecified atom stereocenters. The van der Waals surface area contributed by atoms with Gasteiger partial charge in [0.1, 0.15) is 0 Å². The molecule has 1 N–H and O–H groups in total. The summed E-state index contributed by atoms with van der Waals surface area (Å²) in [6.45, 7) is 4.46. The molecule has 1 fully saturated rings. The first-order valence-electron chi connectivity index (χ1n) is 6.36. The first-order valence-corrected chi connectivity index (χ1v) is 7.44. The van der Waals surface area contributed by atoms with E-state index in [1.54, 1.807) is 0 Å². The summed E-state index contributed by atoms with van der Waals surface area (Å²) in [5, 5.41) is 3.59. The van der Waals surface area contributed by atoms with Gasteiger partial charge in [-0.25, -0.2) is 0 Å². The Morgan fingerprint density at radius 1 is 1.35 bits per heavy atom. The van der Waals surface area contributed by atoms with Crippen molar-refractivity contribution >= 4 is 22.6 Å². The molecule has 0 spiro atoms. The predicted molar refractivity (Wildman–Crippen MR) is 81.2 cm³/mol. The van der Waals surface area contributed by atoms with Gasteiger partial charge in [-0.1, -0.05) is 12.1 Å². The molecule has 0 bridgehead atoms. The third-order valence-electron chi connectivity index (χ3n) is 3.46. The molecule has 1 atom stereocenters. The van der Waals surface area contributed by atoms with Gasteiger partial charge in [-0.3, -0.25) is 0 Å². The Hall–Kier alpha value is -0.130. The Balaban J connectivity index is 1.72. The number of benzene rings is 1. The molecule has 3 heteroatoms. The molecule has 2 nitrogen and oxygen atoms in total. The largest absolute Gasteiger partial charge is 0.309 e. The van der Waals surface area contributed by atoms with Crippen LogP contribution in [-0.2, 0) is 0 Å². The zero-order chi connectivity index (χ0) is 12.3. The van der Waals surface area contributed by atoms with E-state index in [1.807, 2.05) is 0 Å². The minimum Gasteiger partial charge on any atom is -0.309 e. The SMILES string of the molecule is CC(NCCN(C)C1CC1)c1ccc(I)cc1. The van der Waals surface area contributed by atoms with Crippen LogP contribution in [0.25, 0.3) is 0 Å². The standard InChI is InChI=1S/C14H21IN2/c1-11(12-3-5-13(15)6-4-12)16-9-10-17(2)14-7-8-14/h3-6,11,14,16H,7-10H2,1-2H3. The van der Waals surface area contributed by atoms with Gasteiger partial charge in [-0.2, -0.15) is 0 Å². The number of hydrogen-bond donors (Lipinski definition) is 1. The second-order valence-electron chi connectivity index (χ2n) is 4.94. The van der Waals surface area contributed by atoms with Crippen LogP contribution in [0.2, 0.25) is 0 Å². The summed E-state index contributed by atoms with van der Waals surface area (Å²) in [4.78, 5) is 2.47. The van der Waals surface area contributed by atoms with Crippen LogP contribution >= 0.6 is 22.6 Å². The fourth-order valence-corrected chi connectivity index (χ4v) is 2.38. The van der Waals surface area contributed by atoms with Gasteiger partial charge in [0.25, 0.3) is 0 Å². The Morgan fingerprint density at radius 2 is 2.00 bits per heavy atom. The highest BCUT2D eigenvalue weighted by molar-refractivity contribution is 14.1. The second kappa shape index (κ2) is 6.16. The van der Waals surface area contributed by atoms with Crippen LogP contribution in [0, 0.1) is 3.57 Å².